The molecule has 0 saturated carbocycles. The van der Waals surface area contributed by atoms with Crippen LogP contribution in [0.25, 0.3) is 0 Å². The van der Waals surface area contributed by atoms with Crippen LogP contribution >= 0.6 is 31.9 Å². The molecule has 1 aliphatic carbocycles. The van der Waals surface area contributed by atoms with E-state index < -0.39 is 3.23 Å². The molecule has 0 aromatic rings. The van der Waals surface area contributed by atoms with Crippen molar-refractivity contribution in [3.8, 4) is 0 Å². The predicted molar refractivity (Wildman–Crippen MR) is 54.3 cm³/mol. The second-order valence-electron chi connectivity index (χ2n) is 2.61. The standard InChI is InChI=1S/C8H10Br2O/c1-2-6-3-4-7(11)8(9,10)5-6/h3-4,11H,2,5H2,1H3. The van der Waals surface area contributed by atoms with Gasteiger partial charge >= 0.3 is 0 Å². The van der Waals surface area contributed by atoms with Gasteiger partial charge in [0.2, 0.25) is 0 Å². The van der Waals surface area contributed by atoms with Crippen molar-refractivity contribution in [3.63, 3.8) is 0 Å². The van der Waals surface area contributed by atoms with E-state index in [0.29, 0.717) is 5.76 Å². The first-order chi connectivity index (χ1) is 5.06. The lowest BCUT2D eigenvalue weighted by atomic mass is 10.0. The molecule has 62 valence electrons. The number of aliphatic hydroxyl groups is 1. The lowest BCUT2D eigenvalue weighted by Gasteiger charge is -2.23. The van der Waals surface area contributed by atoms with Gasteiger partial charge in [-0.3, -0.25) is 0 Å². The molecular weight excluding hydrogens is 272 g/mol. The molecule has 0 bridgehead atoms. The van der Waals surface area contributed by atoms with Crippen LogP contribution in [-0.2, 0) is 0 Å². The van der Waals surface area contributed by atoms with Gasteiger partial charge in [-0.05, 0) is 12.5 Å². The third kappa shape index (κ3) is 2.09. The summed E-state index contributed by atoms with van der Waals surface area (Å²) >= 11 is 6.79. The van der Waals surface area contributed by atoms with Crippen molar-refractivity contribution in [2.45, 2.75) is 23.0 Å². The van der Waals surface area contributed by atoms with Gasteiger partial charge in [-0.25, -0.2) is 0 Å². The molecule has 0 aliphatic heterocycles. The molecule has 0 aromatic carbocycles. The number of allylic oxidation sites excluding steroid dienone is 4. The average molecular weight is 282 g/mol. The van der Waals surface area contributed by atoms with E-state index >= 15 is 0 Å². The maximum absolute atomic E-state index is 9.37. The van der Waals surface area contributed by atoms with Crippen molar-refractivity contribution in [1.82, 2.24) is 0 Å². The molecule has 1 nitrogen and oxygen atoms in total. The molecule has 0 heterocycles. The maximum atomic E-state index is 9.37. The van der Waals surface area contributed by atoms with E-state index in [2.05, 4.69) is 38.8 Å². The molecule has 0 radical (unpaired) electrons. The van der Waals surface area contributed by atoms with E-state index in [1.54, 1.807) is 6.08 Å². The Labute approximate surface area is 83.4 Å². The Morgan fingerprint density at radius 1 is 1.55 bits per heavy atom. The Hall–Kier alpha value is 0.240. The van der Waals surface area contributed by atoms with E-state index in [4.69, 9.17) is 0 Å². The van der Waals surface area contributed by atoms with Gasteiger partial charge in [0.1, 0.15) is 8.99 Å². The summed E-state index contributed by atoms with van der Waals surface area (Å²) in [5, 5.41) is 9.37. The summed E-state index contributed by atoms with van der Waals surface area (Å²) in [6.07, 6.45) is 5.55. The van der Waals surface area contributed by atoms with Crippen LogP contribution in [0.4, 0.5) is 0 Å². The Bertz CT molecular complexity index is 216. The number of rotatable bonds is 1. The molecule has 1 rings (SSSR count). The smallest absolute Gasteiger partial charge is 0.140 e. The van der Waals surface area contributed by atoms with E-state index in [1.165, 1.54) is 5.57 Å². The molecule has 0 atom stereocenters. The normalized spacial score (nSPS) is 22.5. The first-order valence-corrected chi connectivity index (χ1v) is 5.12. The van der Waals surface area contributed by atoms with Crippen LogP contribution in [0, 0.1) is 0 Å². The van der Waals surface area contributed by atoms with Crippen LogP contribution in [-0.4, -0.2) is 8.34 Å². The van der Waals surface area contributed by atoms with E-state index in [-0.39, 0.29) is 0 Å². The molecule has 0 aromatic heterocycles. The Kier molecular flexibility index (Phi) is 2.81. The second-order valence-corrected chi connectivity index (χ2v) is 6.38. The summed E-state index contributed by atoms with van der Waals surface area (Å²) in [6.45, 7) is 2.11. The van der Waals surface area contributed by atoms with Gasteiger partial charge in [-0.1, -0.05) is 50.4 Å². The highest BCUT2D eigenvalue weighted by Crippen LogP contribution is 2.42. The minimum atomic E-state index is -0.417. The highest BCUT2D eigenvalue weighted by Gasteiger charge is 2.30. The molecule has 3 heteroatoms. The van der Waals surface area contributed by atoms with E-state index in [1.807, 2.05) is 6.08 Å². The topological polar surface area (TPSA) is 20.2 Å². The molecular formula is C8H10Br2O. The van der Waals surface area contributed by atoms with Crippen LogP contribution in [0.2, 0.25) is 0 Å². The van der Waals surface area contributed by atoms with Gasteiger partial charge in [-0.2, -0.15) is 0 Å². The van der Waals surface area contributed by atoms with Crippen molar-refractivity contribution in [2.75, 3.05) is 0 Å². The van der Waals surface area contributed by atoms with Crippen LogP contribution in [0.3, 0.4) is 0 Å². The van der Waals surface area contributed by atoms with Gasteiger partial charge < -0.3 is 5.11 Å². The average Bonchev–Trinajstić information content (AvgIpc) is 1.95. The fourth-order valence-electron chi connectivity index (χ4n) is 0.996. The minimum absolute atomic E-state index is 0.342. The molecule has 0 amide bonds. The van der Waals surface area contributed by atoms with Crippen molar-refractivity contribution < 1.29 is 5.11 Å². The number of halogens is 2. The second kappa shape index (κ2) is 3.31. The van der Waals surface area contributed by atoms with Gasteiger partial charge in [0, 0.05) is 6.42 Å². The largest absolute Gasteiger partial charge is 0.510 e. The Morgan fingerprint density at radius 2 is 2.18 bits per heavy atom. The third-order valence-electron chi connectivity index (χ3n) is 1.75. The van der Waals surface area contributed by atoms with E-state index in [0.717, 1.165) is 12.8 Å². The summed E-state index contributed by atoms with van der Waals surface area (Å²) in [6, 6.07) is 0. The number of alkyl halides is 2. The molecule has 0 fully saturated rings. The SMILES string of the molecule is CCC1=CC=C(O)C(Br)(Br)C1. The zero-order chi connectivity index (χ0) is 8.48. The highest BCUT2D eigenvalue weighted by atomic mass is 79.9. The number of hydrogen-bond donors (Lipinski definition) is 1. The van der Waals surface area contributed by atoms with E-state index in [9.17, 15) is 5.11 Å². The van der Waals surface area contributed by atoms with Gasteiger partial charge in [0.15, 0.2) is 0 Å². The third-order valence-corrected chi connectivity index (χ3v) is 3.13. The molecule has 1 aliphatic rings. The van der Waals surface area contributed by atoms with Gasteiger partial charge in [-0.15, -0.1) is 0 Å². The van der Waals surface area contributed by atoms with Gasteiger partial charge in [0.05, 0.1) is 0 Å². The molecule has 0 unspecified atom stereocenters. The first kappa shape index (κ1) is 9.33. The lowest BCUT2D eigenvalue weighted by Crippen LogP contribution is -2.18. The monoisotopic (exact) mass is 280 g/mol. The maximum Gasteiger partial charge on any atom is 0.140 e. The fraction of sp³-hybridized carbons (Fsp3) is 0.500. The van der Waals surface area contributed by atoms with Crippen molar-refractivity contribution in [3.05, 3.63) is 23.5 Å². The van der Waals surface area contributed by atoms with Crippen LogP contribution in [0.15, 0.2) is 23.5 Å². The number of aliphatic hydroxyl groups excluding tert-OH is 1. The Balaban J connectivity index is 2.84. The fourth-order valence-corrected chi connectivity index (χ4v) is 1.98. The summed E-state index contributed by atoms with van der Waals surface area (Å²) in [5.41, 5.74) is 1.33. The first-order valence-electron chi connectivity index (χ1n) is 3.53. The minimum Gasteiger partial charge on any atom is -0.510 e. The predicted octanol–water partition coefficient (Wildman–Crippen LogP) is 3.65. The molecule has 11 heavy (non-hydrogen) atoms. The van der Waals surface area contributed by atoms with Crippen molar-refractivity contribution in [1.29, 1.82) is 0 Å². The van der Waals surface area contributed by atoms with Crippen LogP contribution < -0.4 is 0 Å². The summed E-state index contributed by atoms with van der Waals surface area (Å²) < 4.78 is -0.417. The highest BCUT2D eigenvalue weighted by molar-refractivity contribution is 9.25. The Morgan fingerprint density at radius 3 is 2.64 bits per heavy atom. The van der Waals surface area contributed by atoms with Crippen molar-refractivity contribution >= 4 is 31.9 Å². The lowest BCUT2D eigenvalue weighted by molar-refractivity contribution is 0.384. The summed E-state index contributed by atoms with van der Waals surface area (Å²) in [5.74, 6) is 0.342. The van der Waals surface area contributed by atoms with Crippen LogP contribution in [0.5, 0.6) is 0 Å². The quantitative estimate of drug-likeness (QED) is 0.728. The van der Waals surface area contributed by atoms with Crippen LogP contribution in [0.1, 0.15) is 19.8 Å². The summed E-state index contributed by atoms with van der Waals surface area (Å²) in [4.78, 5) is 0. The van der Waals surface area contributed by atoms with Crippen molar-refractivity contribution in [2.24, 2.45) is 0 Å². The molecule has 1 N–H and O–H groups in total. The zero-order valence-electron chi connectivity index (χ0n) is 6.27. The molecule has 0 saturated heterocycles. The zero-order valence-corrected chi connectivity index (χ0v) is 9.44. The van der Waals surface area contributed by atoms with Gasteiger partial charge in [0.25, 0.3) is 0 Å². The number of hydrogen-bond acceptors (Lipinski definition) is 1. The molecule has 0 spiro atoms. The summed E-state index contributed by atoms with van der Waals surface area (Å²) in [7, 11) is 0.